The minimum absolute atomic E-state index is 0.141. The molecule has 1 aromatic rings. The lowest BCUT2D eigenvalue weighted by Gasteiger charge is -2.17. The molecule has 1 aromatic carbocycles. The van der Waals surface area contributed by atoms with Gasteiger partial charge in [0, 0.05) is 12.0 Å². The quantitative estimate of drug-likeness (QED) is 0.630. The van der Waals surface area contributed by atoms with Crippen LogP contribution in [0, 0.1) is 5.41 Å². The molecule has 1 fully saturated rings. The Bertz CT molecular complexity index is 566. The number of benzene rings is 1. The summed E-state index contributed by atoms with van der Waals surface area (Å²) in [5.74, 6) is -0.946. The molecule has 1 aliphatic heterocycles. The maximum atomic E-state index is 12.1. The fourth-order valence-electron chi connectivity index (χ4n) is 2.10. The second kappa shape index (κ2) is 4.78. The van der Waals surface area contributed by atoms with Crippen molar-refractivity contribution in [2.75, 3.05) is 6.54 Å². The monoisotopic (exact) mass is 279 g/mol. The minimum atomic E-state index is -0.724. The molecule has 1 aliphatic rings. The molecule has 4 nitrogen and oxygen atoms in total. The van der Waals surface area contributed by atoms with Crippen LogP contribution in [-0.4, -0.2) is 29.0 Å². The highest BCUT2D eigenvalue weighted by atomic mass is 35.5. The van der Waals surface area contributed by atoms with E-state index >= 15 is 0 Å². The van der Waals surface area contributed by atoms with Crippen molar-refractivity contribution in [3.05, 3.63) is 34.9 Å². The topological polar surface area (TPSA) is 54.5 Å². The van der Waals surface area contributed by atoms with Crippen molar-refractivity contribution >= 4 is 29.2 Å². The number of likely N-dealkylation sites (tertiary alicyclic amines) is 1. The number of Topliss-reactive ketones (excluding diaryl/α,β-unsaturated/α-hetero) is 1. The lowest BCUT2D eigenvalue weighted by Crippen LogP contribution is -2.37. The van der Waals surface area contributed by atoms with Crippen molar-refractivity contribution in [2.24, 2.45) is 5.41 Å². The third-order valence-electron chi connectivity index (χ3n) is 3.19. The standard InChI is InChI=1S/C14H14ClNO3/c1-14(2)7-12(18)16(13(14)19)8-11(17)9-5-3-4-6-10(9)15/h3-6H,7-8H2,1-2H3. The molecule has 2 amide bonds. The number of rotatable bonds is 3. The molecular formula is C14H14ClNO3. The van der Waals surface area contributed by atoms with E-state index in [9.17, 15) is 14.4 Å². The van der Waals surface area contributed by atoms with E-state index in [0.717, 1.165) is 4.90 Å². The van der Waals surface area contributed by atoms with Gasteiger partial charge in [0.15, 0.2) is 5.78 Å². The van der Waals surface area contributed by atoms with E-state index in [0.29, 0.717) is 10.6 Å². The Balaban J connectivity index is 2.19. The van der Waals surface area contributed by atoms with Crippen molar-refractivity contribution in [2.45, 2.75) is 20.3 Å². The van der Waals surface area contributed by atoms with Gasteiger partial charge in [0.2, 0.25) is 11.8 Å². The zero-order chi connectivity index (χ0) is 14.2. The summed E-state index contributed by atoms with van der Waals surface area (Å²) in [4.78, 5) is 36.9. The van der Waals surface area contributed by atoms with Gasteiger partial charge in [0.25, 0.3) is 0 Å². The van der Waals surface area contributed by atoms with E-state index in [1.54, 1.807) is 38.1 Å². The number of halogens is 1. The Morgan fingerprint density at radius 2 is 1.95 bits per heavy atom. The average Bonchev–Trinajstić information content (AvgIpc) is 2.52. The largest absolute Gasteiger partial charge is 0.292 e. The van der Waals surface area contributed by atoms with Crippen LogP contribution >= 0.6 is 11.6 Å². The zero-order valence-corrected chi connectivity index (χ0v) is 11.5. The number of hydrogen-bond donors (Lipinski definition) is 0. The van der Waals surface area contributed by atoms with Crippen LogP contribution in [0.1, 0.15) is 30.6 Å². The molecule has 0 bridgehead atoms. The Morgan fingerprint density at radius 3 is 2.47 bits per heavy atom. The van der Waals surface area contributed by atoms with E-state index in [-0.39, 0.29) is 30.6 Å². The smallest absolute Gasteiger partial charge is 0.235 e. The second-order valence-corrected chi connectivity index (χ2v) is 5.66. The number of amides is 2. The van der Waals surface area contributed by atoms with Gasteiger partial charge in [0.1, 0.15) is 0 Å². The fraction of sp³-hybridized carbons (Fsp3) is 0.357. The van der Waals surface area contributed by atoms with Crippen molar-refractivity contribution in [1.29, 1.82) is 0 Å². The van der Waals surface area contributed by atoms with Crippen molar-refractivity contribution in [3.8, 4) is 0 Å². The van der Waals surface area contributed by atoms with Crippen LogP contribution in [0.5, 0.6) is 0 Å². The Kier molecular flexibility index (Phi) is 3.45. The van der Waals surface area contributed by atoms with Gasteiger partial charge < -0.3 is 0 Å². The van der Waals surface area contributed by atoms with Gasteiger partial charge in [-0.3, -0.25) is 19.3 Å². The number of carbonyl (C=O) groups is 3. The molecule has 5 heteroatoms. The summed E-state index contributed by atoms with van der Waals surface area (Å²) in [7, 11) is 0. The molecule has 0 spiro atoms. The van der Waals surface area contributed by atoms with Crippen LogP contribution in [-0.2, 0) is 9.59 Å². The molecule has 0 N–H and O–H groups in total. The molecule has 100 valence electrons. The van der Waals surface area contributed by atoms with Crippen molar-refractivity contribution < 1.29 is 14.4 Å². The highest BCUT2D eigenvalue weighted by Gasteiger charge is 2.45. The number of ketones is 1. The zero-order valence-electron chi connectivity index (χ0n) is 10.8. The molecule has 0 radical (unpaired) electrons. The Hall–Kier alpha value is -1.68. The minimum Gasteiger partial charge on any atom is -0.292 e. The predicted octanol–water partition coefficient (Wildman–Crippen LogP) is 2.31. The number of nitrogens with zero attached hydrogens (tertiary/aromatic N) is 1. The van der Waals surface area contributed by atoms with Gasteiger partial charge in [-0.05, 0) is 12.1 Å². The SMILES string of the molecule is CC1(C)CC(=O)N(CC(=O)c2ccccc2Cl)C1=O. The van der Waals surface area contributed by atoms with Gasteiger partial charge in [-0.25, -0.2) is 0 Å². The first-order valence-electron chi connectivity index (χ1n) is 5.95. The van der Waals surface area contributed by atoms with Gasteiger partial charge >= 0.3 is 0 Å². The number of carbonyl (C=O) groups excluding carboxylic acids is 3. The summed E-state index contributed by atoms with van der Waals surface area (Å²) in [5, 5.41) is 0.325. The van der Waals surface area contributed by atoms with Crippen LogP contribution in [0.25, 0.3) is 0 Å². The van der Waals surface area contributed by atoms with Crippen molar-refractivity contribution in [3.63, 3.8) is 0 Å². The molecule has 2 rings (SSSR count). The lowest BCUT2D eigenvalue weighted by atomic mass is 9.92. The molecule has 19 heavy (non-hydrogen) atoms. The van der Waals surface area contributed by atoms with E-state index in [4.69, 9.17) is 11.6 Å². The highest BCUT2D eigenvalue weighted by Crippen LogP contribution is 2.31. The lowest BCUT2D eigenvalue weighted by molar-refractivity contribution is -0.140. The van der Waals surface area contributed by atoms with Crippen LogP contribution in [0.4, 0.5) is 0 Å². The fourth-order valence-corrected chi connectivity index (χ4v) is 2.34. The molecule has 1 saturated heterocycles. The molecule has 0 unspecified atom stereocenters. The van der Waals surface area contributed by atoms with E-state index < -0.39 is 5.41 Å². The molecule has 0 atom stereocenters. The van der Waals surface area contributed by atoms with Crippen molar-refractivity contribution in [1.82, 2.24) is 4.90 Å². The summed E-state index contributed by atoms with van der Waals surface area (Å²) < 4.78 is 0. The Labute approximate surface area is 116 Å². The summed E-state index contributed by atoms with van der Waals surface area (Å²) in [6.45, 7) is 3.16. The summed E-state index contributed by atoms with van der Waals surface area (Å²) in [6, 6.07) is 6.60. The first kappa shape index (κ1) is 13.7. The number of hydrogen-bond acceptors (Lipinski definition) is 3. The van der Waals surface area contributed by atoms with Gasteiger partial charge in [0.05, 0.1) is 17.0 Å². The molecule has 1 heterocycles. The molecule has 0 saturated carbocycles. The summed E-state index contributed by atoms with van der Waals surface area (Å²) in [6.07, 6.45) is 0.141. The normalized spacial score (nSPS) is 17.9. The summed E-state index contributed by atoms with van der Waals surface area (Å²) >= 11 is 5.92. The maximum Gasteiger partial charge on any atom is 0.235 e. The van der Waals surface area contributed by atoms with E-state index in [1.165, 1.54) is 0 Å². The first-order valence-corrected chi connectivity index (χ1v) is 6.33. The molecule has 0 aliphatic carbocycles. The summed E-state index contributed by atoms with van der Waals surface area (Å²) in [5.41, 5.74) is -0.396. The van der Waals surface area contributed by atoms with Crippen LogP contribution in [0.2, 0.25) is 5.02 Å². The predicted molar refractivity (Wildman–Crippen MR) is 70.9 cm³/mol. The Morgan fingerprint density at radius 1 is 1.32 bits per heavy atom. The third-order valence-corrected chi connectivity index (χ3v) is 3.52. The van der Waals surface area contributed by atoms with Gasteiger partial charge in [-0.1, -0.05) is 37.6 Å². The average molecular weight is 280 g/mol. The molecular weight excluding hydrogens is 266 g/mol. The van der Waals surface area contributed by atoms with Gasteiger partial charge in [-0.2, -0.15) is 0 Å². The van der Waals surface area contributed by atoms with Crippen LogP contribution in [0.15, 0.2) is 24.3 Å². The number of imide groups is 1. The van der Waals surface area contributed by atoms with Gasteiger partial charge in [-0.15, -0.1) is 0 Å². The van der Waals surface area contributed by atoms with Crippen LogP contribution in [0.3, 0.4) is 0 Å². The maximum absolute atomic E-state index is 12.1. The second-order valence-electron chi connectivity index (χ2n) is 5.25. The first-order chi connectivity index (χ1) is 8.83. The third kappa shape index (κ3) is 2.54. The van der Waals surface area contributed by atoms with E-state index in [1.807, 2.05) is 0 Å². The van der Waals surface area contributed by atoms with E-state index in [2.05, 4.69) is 0 Å². The molecule has 0 aromatic heterocycles. The highest BCUT2D eigenvalue weighted by molar-refractivity contribution is 6.34. The van der Waals surface area contributed by atoms with Crippen LogP contribution < -0.4 is 0 Å².